The maximum absolute atomic E-state index is 11.4. The summed E-state index contributed by atoms with van der Waals surface area (Å²) in [6.07, 6.45) is 1.31. The Kier molecular flexibility index (Phi) is 3.82. The zero-order valence-corrected chi connectivity index (χ0v) is 11.6. The number of hydrogen-bond donors (Lipinski definition) is 2. The molecule has 2 rings (SSSR count). The summed E-state index contributed by atoms with van der Waals surface area (Å²) >= 11 is 10.8. The predicted octanol–water partition coefficient (Wildman–Crippen LogP) is 1.83. The maximum Gasteiger partial charge on any atom is 0.271 e. The zero-order chi connectivity index (χ0) is 14.0. The van der Waals surface area contributed by atoms with E-state index in [9.17, 15) is 4.79 Å². The molecule has 0 bridgehead atoms. The predicted molar refractivity (Wildman–Crippen MR) is 80.3 cm³/mol. The zero-order valence-electron chi connectivity index (χ0n) is 10.1. The first-order valence-electron chi connectivity index (χ1n) is 5.37. The van der Waals surface area contributed by atoms with Crippen LogP contribution in [0.4, 0.5) is 11.5 Å². The molecule has 0 aliphatic heterocycles. The van der Waals surface area contributed by atoms with Crippen molar-refractivity contribution in [3.8, 4) is 0 Å². The van der Waals surface area contributed by atoms with Crippen LogP contribution >= 0.6 is 23.8 Å². The molecule has 1 aromatic carbocycles. The van der Waals surface area contributed by atoms with Crippen LogP contribution in [0.25, 0.3) is 0 Å². The number of H-pyrrole nitrogens is 1. The number of nitrogens with zero attached hydrogens (tertiary/aromatic N) is 2. The van der Waals surface area contributed by atoms with Crippen molar-refractivity contribution >= 4 is 40.3 Å². The minimum absolute atomic E-state index is 0.0448. The van der Waals surface area contributed by atoms with Crippen LogP contribution in [0.1, 0.15) is 5.56 Å². The first-order chi connectivity index (χ1) is 9.00. The molecular formula is C12H11ClN4OS. The third-order valence-corrected chi connectivity index (χ3v) is 3.21. The van der Waals surface area contributed by atoms with Crippen molar-refractivity contribution in [2.45, 2.75) is 0 Å². The van der Waals surface area contributed by atoms with Crippen LogP contribution in [-0.4, -0.2) is 22.0 Å². The van der Waals surface area contributed by atoms with Gasteiger partial charge in [-0.15, -0.1) is 0 Å². The fourth-order valence-corrected chi connectivity index (χ4v) is 1.95. The van der Waals surface area contributed by atoms with Gasteiger partial charge in [-0.2, -0.15) is 0 Å². The topological polar surface area (TPSA) is 75.0 Å². The van der Waals surface area contributed by atoms with Crippen molar-refractivity contribution in [1.82, 2.24) is 9.97 Å². The lowest BCUT2D eigenvalue weighted by atomic mass is 10.2. The summed E-state index contributed by atoms with van der Waals surface area (Å²) in [6.45, 7) is 0. The minimum atomic E-state index is -0.377. The van der Waals surface area contributed by atoms with Gasteiger partial charge < -0.3 is 15.6 Å². The van der Waals surface area contributed by atoms with Gasteiger partial charge in [0.25, 0.3) is 5.56 Å². The summed E-state index contributed by atoms with van der Waals surface area (Å²) in [4.78, 5) is 19.9. The number of benzene rings is 1. The molecule has 0 aliphatic carbocycles. The van der Waals surface area contributed by atoms with E-state index in [-0.39, 0.29) is 10.6 Å². The number of hydrogen-bond acceptors (Lipinski definition) is 4. The average molecular weight is 295 g/mol. The van der Waals surface area contributed by atoms with Gasteiger partial charge in [0.2, 0.25) is 0 Å². The number of halogens is 1. The number of aromatic nitrogens is 2. The number of aromatic amines is 1. The molecule has 0 spiro atoms. The highest BCUT2D eigenvalue weighted by Gasteiger charge is 2.12. The number of thiocarbonyl (C=S) groups is 1. The number of nitrogens with one attached hydrogen (secondary N) is 1. The lowest BCUT2D eigenvalue weighted by Crippen LogP contribution is -2.17. The molecule has 0 unspecified atom stereocenters. The van der Waals surface area contributed by atoms with E-state index in [0.717, 1.165) is 11.3 Å². The SMILES string of the molecule is CN(c1ccc(C(N)=S)cc1)c1nc[nH]c(=O)c1Cl. The van der Waals surface area contributed by atoms with E-state index in [2.05, 4.69) is 9.97 Å². The van der Waals surface area contributed by atoms with E-state index in [0.29, 0.717) is 10.8 Å². The third-order valence-electron chi connectivity index (χ3n) is 2.63. The Morgan fingerprint density at radius 3 is 2.63 bits per heavy atom. The van der Waals surface area contributed by atoms with Gasteiger partial charge in [-0.05, 0) is 24.3 Å². The summed E-state index contributed by atoms with van der Waals surface area (Å²) in [7, 11) is 1.77. The van der Waals surface area contributed by atoms with Crippen molar-refractivity contribution in [3.63, 3.8) is 0 Å². The molecule has 0 amide bonds. The molecule has 0 saturated carbocycles. The lowest BCUT2D eigenvalue weighted by Gasteiger charge is -2.19. The maximum atomic E-state index is 11.4. The Balaban J connectivity index is 2.38. The molecule has 1 aromatic heterocycles. The van der Waals surface area contributed by atoms with E-state index in [1.54, 1.807) is 24.1 Å². The second-order valence-electron chi connectivity index (χ2n) is 3.84. The van der Waals surface area contributed by atoms with Crippen molar-refractivity contribution in [2.75, 3.05) is 11.9 Å². The number of anilines is 2. The van der Waals surface area contributed by atoms with Crippen LogP contribution in [0.3, 0.4) is 0 Å². The number of rotatable bonds is 3. The van der Waals surface area contributed by atoms with Gasteiger partial charge in [0.05, 0.1) is 6.33 Å². The molecule has 2 aromatic rings. The Bertz CT molecular complexity index is 668. The Labute approximate surface area is 120 Å². The van der Waals surface area contributed by atoms with Crippen molar-refractivity contribution in [1.29, 1.82) is 0 Å². The summed E-state index contributed by atoms with van der Waals surface area (Å²) in [6, 6.07) is 7.26. The average Bonchev–Trinajstić information content (AvgIpc) is 2.41. The molecule has 19 heavy (non-hydrogen) atoms. The normalized spacial score (nSPS) is 10.2. The molecule has 98 valence electrons. The molecule has 7 heteroatoms. The van der Waals surface area contributed by atoms with Gasteiger partial charge in [0, 0.05) is 18.3 Å². The van der Waals surface area contributed by atoms with Crippen LogP contribution < -0.4 is 16.2 Å². The van der Waals surface area contributed by atoms with Crippen molar-refractivity contribution < 1.29 is 0 Å². The molecule has 5 nitrogen and oxygen atoms in total. The Morgan fingerprint density at radius 2 is 2.05 bits per heavy atom. The molecule has 0 aliphatic rings. The lowest BCUT2D eigenvalue weighted by molar-refractivity contribution is 1.05. The van der Waals surface area contributed by atoms with E-state index in [1.807, 2.05) is 12.1 Å². The van der Waals surface area contributed by atoms with Gasteiger partial charge in [-0.1, -0.05) is 23.8 Å². The smallest absolute Gasteiger partial charge is 0.271 e. The van der Waals surface area contributed by atoms with E-state index < -0.39 is 0 Å². The second-order valence-corrected chi connectivity index (χ2v) is 4.66. The third kappa shape index (κ3) is 2.74. The molecular weight excluding hydrogens is 284 g/mol. The van der Waals surface area contributed by atoms with Crippen LogP contribution in [-0.2, 0) is 0 Å². The Hall–Kier alpha value is -1.92. The van der Waals surface area contributed by atoms with Crippen LogP contribution in [0.5, 0.6) is 0 Å². The minimum Gasteiger partial charge on any atom is -0.389 e. The monoisotopic (exact) mass is 294 g/mol. The summed E-state index contributed by atoms with van der Waals surface area (Å²) < 4.78 is 0. The molecule has 1 heterocycles. The quantitative estimate of drug-likeness (QED) is 0.845. The molecule has 0 radical (unpaired) electrons. The molecule has 0 fully saturated rings. The van der Waals surface area contributed by atoms with E-state index >= 15 is 0 Å². The highest BCUT2D eigenvalue weighted by Crippen LogP contribution is 2.25. The first-order valence-corrected chi connectivity index (χ1v) is 6.16. The number of nitrogens with two attached hydrogens (primary N) is 1. The van der Waals surface area contributed by atoms with E-state index in [1.165, 1.54) is 6.33 Å². The first kappa shape index (κ1) is 13.5. The van der Waals surface area contributed by atoms with Gasteiger partial charge in [-0.25, -0.2) is 4.98 Å². The second kappa shape index (κ2) is 5.38. The molecule has 0 saturated heterocycles. The van der Waals surface area contributed by atoms with Crippen molar-refractivity contribution in [3.05, 3.63) is 51.5 Å². The summed E-state index contributed by atoms with van der Waals surface area (Å²) in [5, 5.41) is 0.0448. The van der Waals surface area contributed by atoms with E-state index in [4.69, 9.17) is 29.6 Å². The van der Waals surface area contributed by atoms with Gasteiger partial charge in [0.15, 0.2) is 5.82 Å². The van der Waals surface area contributed by atoms with Gasteiger partial charge >= 0.3 is 0 Å². The molecule has 3 N–H and O–H groups in total. The van der Waals surface area contributed by atoms with Crippen molar-refractivity contribution in [2.24, 2.45) is 5.73 Å². The summed E-state index contributed by atoms with van der Waals surface area (Å²) in [5.74, 6) is 0.383. The Morgan fingerprint density at radius 1 is 1.42 bits per heavy atom. The van der Waals surface area contributed by atoms with Crippen LogP contribution in [0, 0.1) is 0 Å². The summed E-state index contributed by atoms with van der Waals surface area (Å²) in [5.41, 5.74) is 6.75. The highest BCUT2D eigenvalue weighted by molar-refractivity contribution is 7.80. The van der Waals surface area contributed by atoms with Crippen LogP contribution in [0.15, 0.2) is 35.4 Å². The standard InChI is InChI=1S/C12H11ClN4OS/c1-17(11-9(13)12(18)16-6-15-11)8-4-2-7(3-5-8)10(14)19/h2-6H,1H3,(H2,14,19)(H,15,16,18). The van der Waals surface area contributed by atoms with Gasteiger partial charge in [-0.3, -0.25) is 4.79 Å². The van der Waals surface area contributed by atoms with Crippen LogP contribution in [0.2, 0.25) is 5.02 Å². The fourth-order valence-electron chi connectivity index (χ4n) is 1.58. The fraction of sp³-hybridized carbons (Fsp3) is 0.0833. The largest absolute Gasteiger partial charge is 0.389 e. The molecule has 0 atom stereocenters. The van der Waals surface area contributed by atoms with Gasteiger partial charge in [0.1, 0.15) is 10.0 Å². The highest BCUT2D eigenvalue weighted by atomic mass is 35.5.